The Bertz CT molecular complexity index is 581. The first kappa shape index (κ1) is 13.6. The molecule has 0 spiro atoms. The molecule has 1 aromatic carbocycles. The Morgan fingerprint density at radius 2 is 2.05 bits per heavy atom. The SMILES string of the molecule is Cc1cc(NC(C)CC(C)O)c2cc(N)ccc2n1. The molecule has 4 heteroatoms. The summed E-state index contributed by atoms with van der Waals surface area (Å²) in [4.78, 5) is 4.50. The zero-order chi connectivity index (χ0) is 14.0. The molecule has 0 radical (unpaired) electrons. The third-order valence-electron chi connectivity index (χ3n) is 3.06. The van der Waals surface area contributed by atoms with Crippen molar-refractivity contribution >= 4 is 22.3 Å². The van der Waals surface area contributed by atoms with E-state index >= 15 is 0 Å². The van der Waals surface area contributed by atoms with Gasteiger partial charge in [0.15, 0.2) is 0 Å². The molecule has 4 nitrogen and oxygen atoms in total. The van der Waals surface area contributed by atoms with Gasteiger partial charge in [0.25, 0.3) is 0 Å². The van der Waals surface area contributed by atoms with E-state index in [-0.39, 0.29) is 12.1 Å². The molecule has 0 aliphatic heterocycles. The monoisotopic (exact) mass is 259 g/mol. The van der Waals surface area contributed by atoms with E-state index in [1.165, 1.54) is 0 Å². The van der Waals surface area contributed by atoms with Gasteiger partial charge in [-0.1, -0.05) is 0 Å². The van der Waals surface area contributed by atoms with Crippen molar-refractivity contribution in [3.8, 4) is 0 Å². The summed E-state index contributed by atoms with van der Waals surface area (Å²) in [5.74, 6) is 0. The van der Waals surface area contributed by atoms with Crippen molar-refractivity contribution < 1.29 is 5.11 Å². The first-order chi connectivity index (χ1) is 8.95. The number of anilines is 2. The zero-order valence-electron chi connectivity index (χ0n) is 11.6. The van der Waals surface area contributed by atoms with Gasteiger partial charge < -0.3 is 16.2 Å². The molecule has 2 atom stereocenters. The summed E-state index contributed by atoms with van der Waals surface area (Å²) in [6, 6.07) is 7.92. The van der Waals surface area contributed by atoms with E-state index in [2.05, 4.69) is 17.2 Å². The lowest BCUT2D eigenvalue weighted by molar-refractivity contribution is 0.179. The first-order valence-corrected chi connectivity index (χ1v) is 6.57. The maximum Gasteiger partial charge on any atom is 0.0727 e. The van der Waals surface area contributed by atoms with E-state index in [1.807, 2.05) is 31.2 Å². The van der Waals surface area contributed by atoms with Crippen LogP contribution in [0.3, 0.4) is 0 Å². The van der Waals surface area contributed by atoms with E-state index < -0.39 is 0 Å². The number of aliphatic hydroxyl groups is 1. The lowest BCUT2D eigenvalue weighted by Crippen LogP contribution is -2.20. The van der Waals surface area contributed by atoms with Crippen molar-refractivity contribution in [3.63, 3.8) is 0 Å². The summed E-state index contributed by atoms with van der Waals surface area (Å²) in [5.41, 5.74) is 9.48. The Kier molecular flexibility index (Phi) is 3.90. The van der Waals surface area contributed by atoms with Crippen LogP contribution in [-0.4, -0.2) is 22.2 Å². The Balaban J connectivity index is 2.38. The fourth-order valence-electron chi connectivity index (χ4n) is 2.33. The molecule has 0 aliphatic rings. The van der Waals surface area contributed by atoms with Gasteiger partial charge in [-0.25, -0.2) is 0 Å². The van der Waals surface area contributed by atoms with Crippen molar-refractivity contribution in [2.75, 3.05) is 11.1 Å². The number of hydrogen-bond acceptors (Lipinski definition) is 4. The minimum atomic E-state index is -0.318. The van der Waals surface area contributed by atoms with Gasteiger partial charge in [-0.05, 0) is 51.5 Å². The van der Waals surface area contributed by atoms with E-state index in [9.17, 15) is 5.11 Å². The normalized spacial score (nSPS) is 14.3. The number of aromatic nitrogens is 1. The van der Waals surface area contributed by atoms with Gasteiger partial charge in [0.2, 0.25) is 0 Å². The third-order valence-corrected chi connectivity index (χ3v) is 3.06. The molecule has 1 heterocycles. The van der Waals surface area contributed by atoms with Crippen LogP contribution in [0.15, 0.2) is 24.3 Å². The molecule has 2 unspecified atom stereocenters. The van der Waals surface area contributed by atoms with Crippen LogP contribution in [0.4, 0.5) is 11.4 Å². The van der Waals surface area contributed by atoms with Crippen LogP contribution >= 0.6 is 0 Å². The summed E-state index contributed by atoms with van der Waals surface area (Å²) in [6.07, 6.45) is 0.382. The first-order valence-electron chi connectivity index (χ1n) is 6.57. The Hall–Kier alpha value is -1.81. The van der Waals surface area contributed by atoms with E-state index in [0.717, 1.165) is 28.0 Å². The van der Waals surface area contributed by atoms with Crippen molar-refractivity contribution in [2.24, 2.45) is 0 Å². The molecule has 0 amide bonds. The highest BCUT2D eigenvalue weighted by atomic mass is 16.3. The van der Waals surface area contributed by atoms with E-state index in [4.69, 9.17) is 5.73 Å². The number of nitrogens with one attached hydrogen (secondary N) is 1. The second-order valence-corrected chi connectivity index (χ2v) is 5.22. The van der Waals surface area contributed by atoms with Gasteiger partial charge in [0.05, 0.1) is 11.6 Å². The number of nitrogens with two attached hydrogens (primary N) is 1. The minimum Gasteiger partial charge on any atom is -0.399 e. The topological polar surface area (TPSA) is 71.2 Å². The molecule has 0 bridgehead atoms. The van der Waals surface area contributed by atoms with Crippen LogP contribution in [0.1, 0.15) is 26.0 Å². The molecule has 2 rings (SSSR count). The number of hydrogen-bond donors (Lipinski definition) is 3. The summed E-state index contributed by atoms with van der Waals surface area (Å²) in [6.45, 7) is 5.83. The van der Waals surface area contributed by atoms with Gasteiger partial charge in [0.1, 0.15) is 0 Å². The Morgan fingerprint density at radius 3 is 2.74 bits per heavy atom. The number of pyridine rings is 1. The Labute approximate surface area is 113 Å². The van der Waals surface area contributed by atoms with Crippen LogP contribution in [0.5, 0.6) is 0 Å². The molecule has 4 N–H and O–H groups in total. The number of aryl methyl sites for hydroxylation is 1. The number of nitrogens with zero attached hydrogens (tertiary/aromatic N) is 1. The summed E-state index contributed by atoms with van der Waals surface area (Å²) < 4.78 is 0. The van der Waals surface area contributed by atoms with Crippen LogP contribution in [0.25, 0.3) is 10.9 Å². The van der Waals surface area contributed by atoms with Crippen molar-refractivity contribution in [1.29, 1.82) is 0 Å². The second-order valence-electron chi connectivity index (χ2n) is 5.22. The van der Waals surface area contributed by atoms with Crippen LogP contribution < -0.4 is 11.1 Å². The lowest BCUT2D eigenvalue weighted by atomic mass is 10.1. The highest BCUT2D eigenvalue weighted by molar-refractivity contribution is 5.93. The maximum atomic E-state index is 9.44. The van der Waals surface area contributed by atoms with Crippen LogP contribution in [0, 0.1) is 6.92 Å². The molecule has 0 fully saturated rings. The van der Waals surface area contributed by atoms with Crippen LogP contribution in [0.2, 0.25) is 0 Å². The molecule has 1 aromatic heterocycles. The van der Waals surface area contributed by atoms with Crippen molar-refractivity contribution in [3.05, 3.63) is 30.0 Å². The second kappa shape index (κ2) is 5.45. The zero-order valence-corrected chi connectivity index (χ0v) is 11.6. The predicted octanol–water partition coefficient (Wildman–Crippen LogP) is 2.70. The molecule has 0 saturated carbocycles. The largest absolute Gasteiger partial charge is 0.399 e. The summed E-state index contributed by atoms with van der Waals surface area (Å²) in [7, 11) is 0. The number of benzene rings is 1. The smallest absolute Gasteiger partial charge is 0.0727 e. The number of rotatable bonds is 4. The molecular weight excluding hydrogens is 238 g/mol. The lowest BCUT2D eigenvalue weighted by Gasteiger charge is -2.18. The average molecular weight is 259 g/mol. The standard InChI is InChI=1S/C15H21N3O/c1-9(6-11(3)19)18-15-7-10(2)17-14-5-4-12(16)8-13(14)15/h4-5,7-9,11,19H,6,16H2,1-3H3,(H,17,18). The fourth-order valence-corrected chi connectivity index (χ4v) is 2.33. The van der Waals surface area contributed by atoms with Gasteiger partial charge in [-0.15, -0.1) is 0 Å². The van der Waals surface area contributed by atoms with Crippen molar-refractivity contribution in [2.45, 2.75) is 39.3 Å². The highest BCUT2D eigenvalue weighted by Crippen LogP contribution is 2.26. The predicted molar refractivity (Wildman–Crippen MR) is 80.3 cm³/mol. The number of nitrogen functional groups attached to an aromatic ring is 1. The maximum absolute atomic E-state index is 9.44. The molecule has 102 valence electrons. The van der Waals surface area contributed by atoms with Crippen LogP contribution in [-0.2, 0) is 0 Å². The summed E-state index contributed by atoms with van der Waals surface area (Å²) in [5, 5.41) is 13.9. The van der Waals surface area contributed by atoms with Gasteiger partial charge in [-0.2, -0.15) is 0 Å². The minimum absolute atomic E-state index is 0.187. The third kappa shape index (κ3) is 3.35. The van der Waals surface area contributed by atoms with E-state index in [1.54, 1.807) is 6.92 Å². The van der Waals surface area contributed by atoms with Gasteiger partial charge in [0, 0.05) is 28.5 Å². The molecule has 19 heavy (non-hydrogen) atoms. The van der Waals surface area contributed by atoms with E-state index in [0.29, 0.717) is 6.42 Å². The Morgan fingerprint density at radius 1 is 1.32 bits per heavy atom. The fraction of sp³-hybridized carbons (Fsp3) is 0.400. The molecule has 0 saturated heterocycles. The highest BCUT2D eigenvalue weighted by Gasteiger charge is 2.09. The molecule has 2 aromatic rings. The molecular formula is C15H21N3O. The number of aliphatic hydroxyl groups excluding tert-OH is 1. The van der Waals surface area contributed by atoms with Gasteiger partial charge >= 0.3 is 0 Å². The number of fused-ring (bicyclic) bond motifs is 1. The molecule has 0 aliphatic carbocycles. The quantitative estimate of drug-likeness (QED) is 0.738. The summed E-state index contributed by atoms with van der Waals surface area (Å²) >= 11 is 0. The van der Waals surface area contributed by atoms with Gasteiger partial charge in [-0.3, -0.25) is 4.98 Å². The van der Waals surface area contributed by atoms with Crippen molar-refractivity contribution in [1.82, 2.24) is 4.98 Å². The average Bonchev–Trinajstić information content (AvgIpc) is 2.28.